The summed E-state index contributed by atoms with van der Waals surface area (Å²) in [6.07, 6.45) is 5.12. The summed E-state index contributed by atoms with van der Waals surface area (Å²) in [6.45, 7) is 3.68. The molecular weight excluding hydrogens is 258 g/mol. The summed E-state index contributed by atoms with van der Waals surface area (Å²) in [6, 6.07) is 4.31. The minimum absolute atomic E-state index is 0.0117. The lowest BCUT2D eigenvalue weighted by Crippen LogP contribution is -2.29. The zero-order valence-corrected chi connectivity index (χ0v) is 11.6. The highest BCUT2D eigenvalue weighted by molar-refractivity contribution is 5.58. The van der Waals surface area contributed by atoms with E-state index in [1.165, 1.54) is 37.8 Å². The Labute approximate surface area is 118 Å². The van der Waals surface area contributed by atoms with Crippen molar-refractivity contribution in [3.05, 3.63) is 28.3 Å². The Morgan fingerprint density at radius 1 is 1.25 bits per heavy atom. The number of nitrogens with zero attached hydrogens (tertiary/aromatic N) is 2. The smallest absolute Gasteiger partial charge is 0.271 e. The Morgan fingerprint density at radius 2 is 1.95 bits per heavy atom. The average molecular weight is 279 g/mol. The monoisotopic (exact) mass is 279 g/mol. The summed E-state index contributed by atoms with van der Waals surface area (Å²) in [5.41, 5.74) is 6.06. The highest BCUT2D eigenvalue weighted by Crippen LogP contribution is 2.26. The number of nitro groups is 1. The first-order chi connectivity index (χ1) is 9.66. The van der Waals surface area contributed by atoms with Crippen LogP contribution in [0.4, 0.5) is 11.4 Å². The van der Waals surface area contributed by atoms with Crippen LogP contribution in [0.2, 0.25) is 0 Å². The van der Waals surface area contributed by atoms with Crippen molar-refractivity contribution in [2.24, 2.45) is 0 Å². The molecule has 1 heterocycles. The number of benzene rings is 1. The van der Waals surface area contributed by atoms with E-state index in [2.05, 4.69) is 4.90 Å². The molecule has 0 bridgehead atoms. The zero-order chi connectivity index (χ0) is 14.4. The third kappa shape index (κ3) is 4.09. The number of nitrogen functional groups attached to an aromatic ring is 1. The lowest BCUT2D eigenvalue weighted by molar-refractivity contribution is -0.384. The first-order valence-corrected chi connectivity index (χ1v) is 7.06. The van der Waals surface area contributed by atoms with Gasteiger partial charge >= 0.3 is 0 Å². The van der Waals surface area contributed by atoms with Crippen molar-refractivity contribution >= 4 is 11.4 Å². The van der Waals surface area contributed by atoms with Gasteiger partial charge in [0.1, 0.15) is 12.4 Å². The first-order valence-electron chi connectivity index (χ1n) is 7.06. The molecule has 1 fully saturated rings. The van der Waals surface area contributed by atoms with E-state index in [-0.39, 0.29) is 5.69 Å². The molecular formula is C14H21N3O3. The molecule has 6 heteroatoms. The molecule has 0 saturated carbocycles. The van der Waals surface area contributed by atoms with Gasteiger partial charge in [0.05, 0.1) is 10.6 Å². The molecule has 0 unspecified atom stereocenters. The molecule has 1 aliphatic rings. The van der Waals surface area contributed by atoms with Gasteiger partial charge < -0.3 is 10.5 Å². The molecule has 2 N–H and O–H groups in total. The third-order valence-electron chi connectivity index (χ3n) is 3.57. The molecule has 0 atom stereocenters. The van der Waals surface area contributed by atoms with Gasteiger partial charge in [-0.3, -0.25) is 15.0 Å². The third-order valence-corrected chi connectivity index (χ3v) is 3.57. The topological polar surface area (TPSA) is 81.6 Å². The number of nitro benzene ring substituents is 1. The van der Waals surface area contributed by atoms with Crippen LogP contribution in [0.25, 0.3) is 0 Å². The number of anilines is 1. The largest absolute Gasteiger partial charge is 0.490 e. The molecule has 20 heavy (non-hydrogen) atoms. The lowest BCUT2D eigenvalue weighted by Gasteiger charge is -2.19. The number of likely N-dealkylation sites (tertiary alicyclic amines) is 1. The minimum Gasteiger partial charge on any atom is -0.490 e. The molecule has 6 nitrogen and oxygen atoms in total. The molecule has 0 aliphatic carbocycles. The van der Waals surface area contributed by atoms with Gasteiger partial charge in [0.2, 0.25) is 0 Å². The highest BCUT2D eigenvalue weighted by Gasteiger charge is 2.11. The fourth-order valence-corrected chi connectivity index (χ4v) is 2.43. The SMILES string of the molecule is Nc1cc([N+](=O)[O-])ccc1OCCN1CCCCCC1. The molecule has 0 spiro atoms. The Bertz CT molecular complexity index is 457. The summed E-state index contributed by atoms with van der Waals surface area (Å²) >= 11 is 0. The van der Waals surface area contributed by atoms with Gasteiger partial charge in [0, 0.05) is 18.7 Å². The Morgan fingerprint density at radius 3 is 2.55 bits per heavy atom. The van der Waals surface area contributed by atoms with Crippen molar-refractivity contribution in [3.8, 4) is 5.75 Å². The average Bonchev–Trinajstić information content (AvgIpc) is 2.69. The fourth-order valence-electron chi connectivity index (χ4n) is 2.43. The predicted molar refractivity (Wildman–Crippen MR) is 77.9 cm³/mol. The van der Waals surface area contributed by atoms with Crippen molar-refractivity contribution < 1.29 is 9.66 Å². The molecule has 1 aliphatic heterocycles. The second kappa shape index (κ2) is 7.09. The summed E-state index contributed by atoms with van der Waals surface area (Å²) in [5.74, 6) is 0.519. The van der Waals surface area contributed by atoms with Crippen molar-refractivity contribution in [2.45, 2.75) is 25.7 Å². The van der Waals surface area contributed by atoms with Crippen molar-refractivity contribution in [2.75, 3.05) is 32.0 Å². The van der Waals surface area contributed by atoms with Gasteiger partial charge in [-0.2, -0.15) is 0 Å². The number of rotatable bonds is 5. The van der Waals surface area contributed by atoms with E-state index in [0.29, 0.717) is 18.0 Å². The highest BCUT2D eigenvalue weighted by atomic mass is 16.6. The molecule has 1 aromatic carbocycles. The van der Waals surface area contributed by atoms with Crippen LogP contribution >= 0.6 is 0 Å². The van der Waals surface area contributed by atoms with Crippen LogP contribution in [0.15, 0.2) is 18.2 Å². The van der Waals surface area contributed by atoms with E-state index >= 15 is 0 Å². The summed E-state index contributed by atoms with van der Waals surface area (Å²) < 4.78 is 5.63. The normalized spacial score (nSPS) is 16.6. The Kier molecular flexibility index (Phi) is 5.17. The molecule has 0 amide bonds. The van der Waals surface area contributed by atoms with E-state index < -0.39 is 4.92 Å². The predicted octanol–water partition coefficient (Wildman–Crippen LogP) is 2.43. The maximum Gasteiger partial charge on any atom is 0.271 e. The van der Waals surface area contributed by atoms with E-state index in [4.69, 9.17) is 10.5 Å². The van der Waals surface area contributed by atoms with Gasteiger partial charge in [-0.15, -0.1) is 0 Å². The van der Waals surface area contributed by atoms with E-state index in [1.54, 1.807) is 6.07 Å². The standard InChI is InChI=1S/C14H21N3O3/c15-13-11-12(17(18)19)5-6-14(13)20-10-9-16-7-3-1-2-4-8-16/h5-6,11H,1-4,7-10,15H2. The maximum atomic E-state index is 10.6. The van der Waals surface area contributed by atoms with Crippen LogP contribution in [0.3, 0.4) is 0 Å². The second-order valence-corrected chi connectivity index (χ2v) is 5.08. The fraction of sp³-hybridized carbons (Fsp3) is 0.571. The molecule has 2 rings (SSSR count). The second-order valence-electron chi connectivity index (χ2n) is 5.08. The Hall–Kier alpha value is -1.82. The molecule has 0 radical (unpaired) electrons. The van der Waals surface area contributed by atoms with Crippen LogP contribution in [0, 0.1) is 10.1 Å². The van der Waals surface area contributed by atoms with Crippen molar-refractivity contribution in [3.63, 3.8) is 0 Å². The molecule has 0 aromatic heterocycles. The van der Waals surface area contributed by atoms with Gasteiger partial charge in [0.25, 0.3) is 5.69 Å². The zero-order valence-electron chi connectivity index (χ0n) is 11.6. The molecule has 110 valence electrons. The van der Waals surface area contributed by atoms with Crippen LogP contribution in [0.1, 0.15) is 25.7 Å². The number of ether oxygens (including phenoxy) is 1. The van der Waals surface area contributed by atoms with E-state index in [9.17, 15) is 10.1 Å². The Balaban J connectivity index is 1.83. The van der Waals surface area contributed by atoms with Crippen LogP contribution in [-0.4, -0.2) is 36.1 Å². The minimum atomic E-state index is -0.461. The number of hydrogen-bond donors (Lipinski definition) is 1. The van der Waals surface area contributed by atoms with Gasteiger partial charge in [-0.25, -0.2) is 0 Å². The van der Waals surface area contributed by atoms with Crippen LogP contribution in [0.5, 0.6) is 5.75 Å². The quantitative estimate of drug-likeness (QED) is 0.508. The summed E-state index contributed by atoms with van der Waals surface area (Å²) in [7, 11) is 0. The van der Waals surface area contributed by atoms with Gasteiger partial charge in [0.15, 0.2) is 0 Å². The van der Waals surface area contributed by atoms with Crippen molar-refractivity contribution in [1.82, 2.24) is 4.90 Å². The van der Waals surface area contributed by atoms with Gasteiger partial charge in [-0.05, 0) is 32.0 Å². The van der Waals surface area contributed by atoms with Crippen molar-refractivity contribution in [1.29, 1.82) is 0 Å². The first kappa shape index (κ1) is 14.6. The number of hydrogen-bond acceptors (Lipinski definition) is 5. The maximum absolute atomic E-state index is 10.6. The molecule has 1 saturated heterocycles. The van der Waals surface area contributed by atoms with E-state index in [1.807, 2.05) is 0 Å². The number of non-ortho nitro benzene ring substituents is 1. The van der Waals surface area contributed by atoms with Gasteiger partial charge in [-0.1, -0.05) is 12.8 Å². The lowest BCUT2D eigenvalue weighted by atomic mass is 10.2. The summed E-state index contributed by atoms with van der Waals surface area (Å²) in [5, 5.41) is 10.6. The molecule has 1 aromatic rings. The van der Waals surface area contributed by atoms with Crippen LogP contribution < -0.4 is 10.5 Å². The van der Waals surface area contributed by atoms with Crippen LogP contribution in [-0.2, 0) is 0 Å². The van der Waals surface area contributed by atoms with E-state index in [0.717, 1.165) is 19.6 Å². The summed E-state index contributed by atoms with van der Waals surface area (Å²) in [4.78, 5) is 12.6. The number of nitrogens with two attached hydrogens (primary N) is 1.